The molecular formula is C19H23NO3. The van der Waals surface area contributed by atoms with Gasteiger partial charge in [0.05, 0.1) is 24.1 Å². The normalized spacial score (nSPS) is 11.3. The molecule has 0 unspecified atom stereocenters. The molecule has 23 heavy (non-hydrogen) atoms. The van der Waals surface area contributed by atoms with Crippen LogP contribution in [0.2, 0.25) is 0 Å². The molecule has 0 spiro atoms. The fraction of sp³-hybridized carbons (Fsp3) is 0.368. The van der Waals surface area contributed by atoms with Crippen molar-refractivity contribution < 1.29 is 14.3 Å². The Morgan fingerprint density at radius 1 is 1.22 bits per heavy atom. The molecule has 0 radical (unpaired) electrons. The number of aromatic nitrogens is 1. The van der Waals surface area contributed by atoms with Crippen molar-refractivity contribution in [2.75, 3.05) is 7.11 Å². The lowest BCUT2D eigenvalue weighted by Crippen LogP contribution is -2.10. The van der Waals surface area contributed by atoms with E-state index in [9.17, 15) is 9.59 Å². The summed E-state index contributed by atoms with van der Waals surface area (Å²) in [6.45, 7) is 8.44. The zero-order valence-electron chi connectivity index (χ0n) is 14.3. The Bertz CT molecular complexity index is 718. The van der Waals surface area contributed by atoms with E-state index in [1.165, 1.54) is 12.7 Å². The predicted octanol–water partition coefficient (Wildman–Crippen LogP) is 4.14. The highest BCUT2D eigenvalue weighted by atomic mass is 16.5. The fourth-order valence-electron chi connectivity index (χ4n) is 2.72. The van der Waals surface area contributed by atoms with Gasteiger partial charge in [0.2, 0.25) is 0 Å². The average molecular weight is 313 g/mol. The second-order valence-corrected chi connectivity index (χ2v) is 6.56. The Labute approximate surface area is 136 Å². The molecule has 2 aromatic rings. The Balaban J connectivity index is 2.57. The third kappa shape index (κ3) is 3.21. The van der Waals surface area contributed by atoms with Crippen molar-refractivity contribution in [3.05, 3.63) is 46.6 Å². The van der Waals surface area contributed by atoms with Gasteiger partial charge in [0.1, 0.15) is 0 Å². The molecule has 0 saturated heterocycles. The maximum absolute atomic E-state index is 12.0. The van der Waals surface area contributed by atoms with Crippen LogP contribution in [0.25, 0.3) is 11.3 Å². The van der Waals surface area contributed by atoms with Crippen LogP contribution in [0.1, 0.15) is 59.7 Å². The van der Waals surface area contributed by atoms with E-state index in [0.29, 0.717) is 18.3 Å². The Kier molecular flexibility index (Phi) is 4.73. The first-order valence-electron chi connectivity index (χ1n) is 7.72. The van der Waals surface area contributed by atoms with Crippen LogP contribution in [0.15, 0.2) is 24.3 Å². The maximum atomic E-state index is 12.0. The van der Waals surface area contributed by atoms with Gasteiger partial charge < -0.3 is 9.72 Å². The lowest BCUT2D eigenvalue weighted by atomic mass is 9.86. The number of benzene rings is 1. The molecule has 0 atom stereocenters. The molecule has 1 aromatic carbocycles. The van der Waals surface area contributed by atoms with Gasteiger partial charge in [0, 0.05) is 0 Å². The Hall–Kier alpha value is -2.36. The van der Waals surface area contributed by atoms with E-state index in [4.69, 9.17) is 4.74 Å². The number of aldehydes is 1. The van der Waals surface area contributed by atoms with Crippen molar-refractivity contribution in [3.8, 4) is 11.3 Å². The minimum atomic E-state index is -0.488. The van der Waals surface area contributed by atoms with Gasteiger partial charge in [-0.3, -0.25) is 4.79 Å². The van der Waals surface area contributed by atoms with Crippen LogP contribution in [-0.4, -0.2) is 24.3 Å². The number of rotatable bonds is 4. The lowest BCUT2D eigenvalue weighted by molar-refractivity contribution is 0.0597. The number of hydrogen-bond acceptors (Lipinski definition) is 3. The van der Waals surface area contributed by atoms with Crippen molar-refractivity contribution in [2.24, 2.45) is 0 Å². The SMILES string of the molecule is CCc1c(-c2ccc(C(C)(C)C)cc2)[nH]c(C=O)c1C(=O)OC. The molecule has 1 N–H and O–H groups in total. The van der Waals surface area contributed by atoms with Gasteiger partial charge >= 0.3 is 5.97 Å². The minimum absolute atomic E-state index is 0.0764. The topological polar surface area (TPSA) is 59.2 Å². The van der Waals surface area contributed by atoms with Gasteiger partial charge in [-0.2, -0.15) is 0 Å². The summed E-state index contributed by atoms with van der Waals surface area (Å²) >= 11 is 0. The first-order valence-corrected chi connectivity index (χ1v) is 7.72. The molecule has 0 aliphatic carbocycles. The van der Waals surface area contributed by atoms with Gasteiger partial charge in [-0.15, -0.1) is 0 Å². The van der Waals surface area contributed by atoms with E-state index in [2.05, 4.69) is 37.9 Å². The van der Waals surface area contributed by atoms with Crippen molar-refractivity contribution in [2.45, 2.75) is 39.5 Å². The number of ether oxygens (including phenoxy) is 1. The van der Waals surface area contributed by atoms with Crippen molar-refractivity contribution in [1.82, 2.24) is 4.98 Å². The fourth-order valence-corrected chi connectivity index (χ4v) is 2.72. The van der Waals surface area contributed by atoms with Gasteiger partial charge in [-0.05, 0) is 28.5 Å². The zero-order chi connectivity index (χ0) is 17.2. The van der Waals surface area contributed by atoms with Crippen LogP contribution < -0.4 is 0 Å². The van der Waals surface area contributed by atoms with E-state index in [1.807, 2.05) is 19.1 Å². The van der Waals surface area contributed by atoms with Crippen LogP contribution in [-0.2, 0) is 16.6 Å². The number of hydrogen-bond donors (Lipinski definition) is 1. The van der Waals surface area contributed by atoms with E-state index >= 15 is 0 Å². The highest BCUT2D eigenvalue weighted by Gasteiger charge is 2.23. The minimum Gasteiger partial charge on any atom is -0.465 e. The summed E-state index contributed by atoms with van der Waals surface area (Å²) in [4.78, 5) is 26.4. The molecular weight excluding hydrogens is 290 g/mol. The van der Waals surface area contributed by atoms with Crippen LogP contribution in [0, 0.1) is 0 Å². The molecule has 1 aromatic heterocycles. The molecule has 0 fully saturated rings. The summed E-state index contributed by atoms with van der Waals surface area (Å²) in [5, 5.41) is 0. The third-order valence-electron chi connectivity index (χ3n) is 4.03. The van der Waals surface area contributed by atoms with Gasteiger partial charge in [0.15, 0.2) is 6.29 Å². The van der Waals surface area contributed by atoms with Crippen LogP contribution in [0.4, 0.5) is 0 Å². The summed E-state index contributed by atoms with van der Waals surface area (Å²) in [5.41, 5.74) is 4.47. The van der Waals surface area contributed by atoms with Crippen molar-refractivity contribution >= 4 is 12.3 Å². The van der Waals surface area contributed by atoms with Gasteiger partial charge in [-0.1, -0.05) is 52.0 Å². The number of nitrogens with one attached hydrogen (secondary N) is 1. The summed E-state index contributed by atoms with van der Waals surface area (Å²) < 4.78 is 4.82. The molecule has 0 aliphatic rings. The van der Waals surface area contributed by atoms with E-state index in [0.717, 1.165) is 16.8 Å². The lowest BCUT2D eigenvalue weighted by Gasteiger charge is -2.19. The first-order chi connectivity index (χ1) is 10.8. The number of H-pyrrole nitrogens is 1. The monoisotopic (exact) mass is 313 g/mol. The molecule has 4 nitrogen and oxygen atoms in total. The second kappa shape index (κ2) is 6.41. The Morgan fingerprint density at radius 2 is 1.83 bits per heavy atom. The summed E-state index contributed by atoms with van der Waals surface area (Å²) in [6, 6.07) is 8.18. The largest absolute Gasteiger partial charge is 0.465 e. The number of aromatic amines is 1. The van der Waals surface area contributed by atoms with Crippen molar-refractivity contribution in [3.63, 3.8) is 0 Å². The maximum Gasteiger partial charge on any atom is 0.340 e. The van der Waals surface area contributed by atoms with Crippen LogP contribution >= 0.6 is 0 Å². The van der Waals surface area contributed by atoms with Gasteiger partial charge in [0.25, 0.3) is 0 Å². The van der Waals surface area contributed by atoms with Crippen LogP contribution in [0.3, 0.4) is 0 Å². The number of methoxy groups -OCH3 is 1. The third-order valence-corrected chi connectivity index (χ3v) is 4.03. The summed E-state index contributed by atoms with van der Waals surface area (Å²) in [6.07, 6.45) is 1.30. The summed E-state index contributed by atoms with van der Waals surface area (Å²) in [7, 11) is 1.32. The van der Waals surface area contributed by atoms with E-state index in [-0.39, 0.29) is 11.1 Å². The highest BCUT2D eigenvalue weighted by molar-refractivity contribution is 6.01. The molecule has 4 heteroatoms. The molecule has 1 heterocycles. The predicted molar refractivity (Wildman–Crippen MR) is 91.0 cm³/mol. The molecule has 0 saturated carbocycles. The van der Waals surface area contributed by atoms with E-state index < -0.39 is 5.97 Å². The van der Waals surface area contributed by atoms with Crippen molar-refractivity contribution in [1.29, 1.82) is 0 Å². The molecule has 0 aliphatic heterocycles. The summed E-state index contributed by atoms with van der Waals surface area (Å²) in [5.74, 6) is -0.488. The molecule has 0 bridgehead atoms. The quantitative estimate of drug-likeness (QED) is 0.681. The standard InChI is InChI=1S/C19H23NO3/c1-6-14-16(18(22)23-5)15(11-21)20-17(14)12-7-9-13(10-8-12)19(2,3)4/h7-11,20H,6H2,1-5H3. The van der Waals surface area contributed by atoms with Crippen LogP contribution in [0.5, 0.6) is 0 Å². The molecule has 2 rings (SSSR count). The van der Waals surface area contributed by atoms with E-state index in [1.54, 1.807) is 0 Å². The second-order valence-electron chi connectivity index (χ2n) is 6.56. The van der Waals surface area contributed by atoms with Gasteiger partial charge in [-0.25, -0.2) is 4.79 Å². The number of esters is 1. The average Bonchev–Trinajstić information content (AvgIpc) is 2.92. The smallest absolute Gasteiger partial charge is 0.340 e. The molecule has 122 valence electrons. The Morgan fingerprint density at radius 3 is 2.26 bits per heavy atom. The molecule has 0 amide bonds. The number of carbonyl (C=O) groups excluding carboxylic acids is 2. The highest BCUT2D eigenvalue weighted by Crippen LogP contribution is 2.31. The zero-order valence-corrected chi connectivity index (χ0v) is 14.3. The first kappa shape index (κ1) is 17.0. The number of carbonyl (C=O) groups is 2.